The minimum Gasteiger partial charge on any atom is -0.313 e. The van der Waals surface area contributed by atoms with Gasteiger partial charge in [-0.3, -0.25) is 0 Å². The van der Waals surface area contributed by atoms with Gasteiger partial charge in [-0.2, -0.15) is 0 Å². The van der Waals surface area contributed by atoms with E-state index in [2.05, 4.69) is 26.0 Å². The van der Waals surface area contributed by atoms with Crippen LogP contribution < -0.4 is 10.0 Å². The van der Waals surface area contributed by atoms with E-state index in [9.17, 15) is 12.8 Å². The van der Waals surface area contributed by atoms with Gasteiger partial charge in [0, 0.05) is 23.1 Å². The zero-order chi connectivity index (χ0) is 13.6. The van der Waals surface area contributed by atoms with Crippen LogP contribution in [0.2, 0.25) is 0 Å². The standard InChI is InChI=1S/C11H16BrFN2O2S/c1-18(16,17)15-6-2-5-14-8-9-3-4-10(12)7-11(9)13/h3-4,7,14-15H,2,5-6,8H2,1H3. The maximum absolute atomic E-state index is 13.4. The topological polar surface area (TPSA) is 58.2 Å². The van der Waals surface area contributed by atoms with Crippen LogP contribution in [0.1, 0.15) is 12.0 Å². The fraction of sp³-hybridized carbons (Fsp3) is 0.455. The average Bonchev–Trinajstić information content (AvgIpc) is 2.24. The molecule has 1 aromatic rings. The van der Waals surface area contributed by atoms with Crippen molar-refractivity contribution >= 4 is 26.0 Å². The summed E-state index contributed by atoms with van der Waals surface area (Å²) in [6.07, 6.45) is 1.78. The SMILES string of the molecule is CS(=O)(=O)NCCCNCc1ccc(Br)cc1F. The van der Waals surface area contributed by atoms with Crippen molar-refractivity contribution in [3.8, 4) is 0 Å². The summed E-state index contributed by atoms with van der Waals surface area (Å²) in [4.78, 5) is 0. The van der Waals surface area contributed by atoms with E-state index < -0.39 is 10.0 Å². The van der Waals surface area contributed by atoms with Crippen molar-refractivity contribution in [2.45, 2.75) is 13.0 Å². The predicted molar refractivity (Wildman–Crippen MR) is 73.3 cm³/mol. The number of halogens is 2. The van der Waals surface area contributed by atoms with Crippen LogP contribution in [0.5, 0.6) is 0 Å². The summed E-state index contributed by atoms with van der Waals surface area (Å²) in [6.45, 7) is 1.44. The first-order valence-electron chi connectivity index (χ1n) is 5.48. The Kier molecular flexibility index (Phi) is 6.20. The average molecular weight is 339 g/mol. The number of nitrogens with one attached hydrogen (secondary N) is 2. The Morgan fingerprint density at radius 2 is 2.06 bits per heavy atom. The Hall–Kier alpha value is -0.500. The van der Waals surface area contributed by atoms with Gasteiger partial charge in [0.05, 0.1) is 6.26 Å². The first-order valence-corrected chi connectivity index (χ1v) is 8.16. The molecule has 0 aliphatic carbocycles. The second-order valence-electron chi connectivity index (χ2n) is 3.93. The van der Waals surface area contributed by atoms with Gasteiger partial charge in [-0.15, -0.1) is 0 Å². The maximum Gasteiger partial charge on any atom is 0.208 e. The molecule has 0 radical (unpaired) electrons. The Morgan fingerprint density at radius 3 is 2.67 bits per heavy atom. The normalized spacial score (nSPS) is 11.7. The molecule has 18 heavy (non-hydrogen) atoms. The van der Waals surface area contributed by atoms with Crippen molar-refractivity contribution in [2.24, 2.45) is 0 Å². The number of hydrogen-bond acceptors (Lipinski definition) is 3. The van der Waals surface area contributed by atoms with Crippen molar-refractivity contribution in [1.82, 2.24) is 10.0 Å². The summed E-state index contributed by atoms with van der Waals surface area (Å²) in [5.74, 6) is -0.258. The van der Waals surface area contributed by atoms with Crippen molar-refractivity contribution < 1.29 is 12.8 Å². The third kappa shape index (κ3) is 6.44. The quantitative estimate of drug-likeness (QED) is 0.742. The van der Waals surface area contributed by atoms with E-state index in [1.807, 2.05) is 0 Å². The molecule has 2 N–H and O–H groups in total. The van der Waals surface area contributed by atoms with Gasteiger partial charge in [0.15, 0.2) is 0 Å². The van der Waals surface area contributed by atoms with Crippen molar-refractivity contribution in [2.75, 3.05) is 19.3 Å². The number of benzene rings is 1. The highest BCUT2D eigenvalue weighted by molar-refractivity contribution is 9.10. The molecule has 0 amide bonds. The molecule has 0 unspecified atom stereocenters. The number of rotatable bonds is 7. The fourth-order valence-electron chi connectivity index (χ4n) is 1.36. The molecule has 0 bridgehead atoms. The Morgan fingerprint density at radius 1 is 1.33 bits per heavy atom. The van der Waals surface area contributed by atoms with Gasteiger partial charge in [0.1, 0.15) is 5.82 Å². The maximum atomic E-state index is 13.4. The summed E-state index contributed by atoms with van der Waals surface area (Å²) in [5, 5.41) is 3.06. The first kappa shape index (κ1) is 15.6. The van der Waals surface area contributed by atoms with Crippen molar-refractivity contribution in [3.05, 3.63) is 34.1 Å². The second-order valence-corrected chi connectivity index (χ2v) is 6.68. The summed E-state index contributed by atoms with van der Waals surface area (Å²) in [6, 6.07) is 4.91. The van der Waals surface area contributed by atoms with Gasteiger partial charge in [0.2, 0.25) is 10.0 Å². The van der Waals surface area contributed by atoms with Crippen LogP contribution in [0.25, 0.3) is 0 Å². The van der Waals surface area contributed by atoms with Crippen molar-refractivity contribution in [1.29, 1.82) is 0 Å². The number of hydrogen-bond donors (Lipinski definition) is 2. The van der Waals surface area contributed by atoms with Crippen LogP contribution in [0.3, 0.4) is 0 Å². The molecule has 1 aromatic carbocycles. The highest BCUT2D eigenvalue weighted by Crippen LogP contribution is 2.14. The summed E-state index contributed by atoms with van der Waals surface area (Å²) in [7, 11) is -3.12. The van der Waals surface area contributed by atoms with E-state index in [0.717, 1.165) is 6.26 Å². The predicted octanol–water partition coefficient (Wildman–Crippen LogP) is 1.62. The van der Waals surface area contributed by atoms with Crippen LogP contribution in [0.15, 0.2) is 22.7 Å². The van der Waals surface area contributed by atoms with Crippen molar-refractivity contribution in [3.63, 3.8) is 0 Å². The molecule has 1 rings (SSSR count). The Labute approximate surface area is 115 Å². The van der Waals surface area contributed by atoms with Crippen LogP contribution in [0.4, 0.5) is 4.39 Å². The molecule has 0 heterocycles. The molecule has 4 nitrogen and oxygen atoms in total. The Balaban J connectivity index is 2.22. The molecule has 0 aliphatic rings. The molecule has 7 heteroatoms. The minimum atomic E-state index is -3.12. The van der Waals surface area contributed by atoms with E-state index >= 15 is 0 Å². The van der Waals surface area contributed by atoms with Crippen LogP contribution in [0, 0.1) is 5.82 Å². The monoisotopic (exact) mass is 338 g/mol. The lowest BCUT2D eigenvalue weighted by Crippen LogP contribution is -2.26. The zero-order valence-electron chi connectivity index (χ0n) is 10.0. The molecule has 0 aliphatic heterocycles. The third-order valence-corrected chi connectivity index (χ3v) is 3.45. The number of sulfonamides is 1. The lowest BCUT2D eigenvalue weighted by Gasteiger charge is -2.06. The second kappa shape index (κ2) is 7.18. The molecule has 0 aromatic heterocycles. The minimum absolute atomic E-state index is 0.258. The molecular formula is C11H16BrFN2O2S. The highest BCUT2D eigenvalue weighted by atomic mass is 79.9. The van der Waals surface area contributed by atoms with E-state index in [1.54, 1.807) is 12.1 Å². The molecule has 102 valence electrons. The summed E-state index contributed by atoms with van der Waals surface area (Å²) in [5.41, 5.74) is 0.592. The lowest BCUT2D eigenvalue weighted by molar-refractivity contribution is 0.570. The molecule has 0 spiro atoms. The molecular weight excluding hydrogens is 323 g/mol. The summed E-state index contributed by atoms with van der Waals surface area (Å²) >= 11 is 3.19. The van der Waals surface area contributed by atoms with Gasteiger partial charge in [-0.25, -0.2) is 17.5 Å². The van der Waals surface area contributed by atoms with Gasteiger partial charge in [0.25, 0.3) is 0 Å². The van der Waals surface area contributed by atoms with E-state index in [1.165, 1.54) is 6.07 Å². The first-order chi connectivity index (χ1) is 8.38. The highest BCUT2D eigenvalue weighted by Gasteiger charge is 2.02. The smallest absolute Gasteiger partial charge is 0.208 e. The summed E-state index contributed by atoms with van der Waals surface area (Å²) < 4.78 is 38.1. The van der Waals surface area contributed by atoms with E-state index in [4.69, 9.17) is 0 Å². The van der Waals surface area contributed by atoms with E-state index in [0.29, 0.717) is 36.1 Å². The van der Waals surface area contributed by atoms with Gasteiger partial charge in [-0.05, 0) is 25.1 Å². The van der Waals surface area contributed by atoms with Crippen LogP contribution in [-0.4, -0.2) is 27.8 Å². The van der Waals surface area contributed by atoms with Crippen LogP contribution in [-0.2, 0) is 16.6 Å². The molecule has 0 fully saturated rings. The van der Waals surface area contributed by atoms with Crippen LogP contribution >= 0.6 is 15.9 Å². The van der Waals surface area contributed by atoms with E-state index in [-0.39, 0.29) is 5.82 Å². The Bertz CT molecular complexity index is 494. The van der Waals surface area contributed by atoms with Gasteiger partial charge >= 0.3 is 0 Å². The zero-order valence-corrected chi connectivity index (χ0v) is 12.4. The molecule has 0 saturated carbocycles. The fourth-order valence-corrected chi connectivity index (χ4v) is 2.21. The largest absolute Gasteiger partial charge is 0.313 e. The van der Waals surface area contributed by atoms with Gasteiger partial charge in [-0.1, -0.05) is 22.0 Å². The molecule has 0 saturated heterocycles. The molecule has 0 atom stereocenters. The third-order valence-electron chi connectivity index (χ3n) is 2.23. The lowest BCUT2D eigenvalue weighted by atomic mass is 10.2. The van der Waals surface area contributed by atoms with Gasteiger partial charge < -0.3 is 5.32 Å².